The molecule has 0 aliphatic rings. The average molecular weight is 240 g/mol. The van der Waals surface area contributed by atoms with Crippen molar-refractivity contribution in [2.24, 2.45) is 0 Å². The van der Waals surface area contributed by atoms with Crippen LogP contribution in [0.4, 0.5) is 5.69 Å². The van der Waals surface area contributed by atoms with Gasteiger partial charge in [-0.1, -0.05) is 18.2 Å². The summed E-state index contributed by atoms with van der Waals surface area (Å²) in [7, 11) is -1.73. The third-order valence-corrected chi connectivity index (χ3v) is 1.06. The molecule has 0 amide bonds. The molecule has 0 aliphatic carbocycles. The Balaban J connectivity index is 0. The molecule has 0 radical (unpaired) electrons. The fourth-order valence-electron chi connectivity index (χ4n) is 0.605. The number of nitrogens with one attached hydrogen (secondary N) is 1. The number of benzene rings is 1. The molecule has 1 aromatic carbocycles. The second kappa shape index (κ2) is 7.83. The Hall–Kier alpha value is -0.540. The molecule has 0 unspecified atom stereocenters. The highest BCUT2D eigenvalue weighted by molar-refractivity contribution is 7.50. The summed E-state index contributed by atoms with van der Waals surface area (Å²) < 4.78 is 9.33. The highest BCUT2D eigenvalue weighted by atomic mass is 35.5. The molecule has 0 bridgehead atoms. The molecule has 14 heavy (non-hydrogen) atoms. The Morgan fingerprint density at radius 1 is 1.21 bits per heavy atom. The fraction of sp³-hybridized carbons (Fsp3) is 0.250. The molecule has 0 aliphatic heterocycles. The molecule has 82 valence electrons. The summed E-state index contributed by atoms with van der Waals surface area (Å²) in [6.45, 7) is 0.854. The lowest BCUT2D eigenvalue weighted by molar-refractivity contribution is 0.381. The maximum atomic E-state index is 9.33. The number of halogens is 1. The number of anilines is 1. The zero-order valence-corrected chi connectivity index (χ0v) is 9.76. The van der Waals surface area contributed by atoms with Crippen LogP contribution in [0.3, 0.4) is 0 Å². The third kappa shape index (κ3) is 14.0. The molecule has 0 saturated carbocycles. The van der Waals surface area contributed by atoms with E-state index in [9.17, 15) is 4.57 Å². The summed E-state index contributed by atoms with van der Waals surface area (Å²) in [5.41, 5.74) is 1.16. The van der Waals surface area contributed by atoms with Gasteiger partial charge in [-0.3, -0.25) is 4.57 Å². The van der Waals surface area contributed by atoms with Gasteiger partial charge in [0.25, 0.3) is 0 Å². The number of para-hydroxylation sites is 1. The van der Waals surface area contributed by atoms with Gasteiger partial charge in [-0.05, 0) is 12.1 Å². The van der Waals surface area contributed by atoms with Crippen LogP contribution in [0.5, 0.6) is 0 Å². The van der Waals surface area contributed by atoms with Gasteiger partial charge in [0, 0.05) is 19.4 Å². The first kappa shape index (κ1) is 15.9. The standard InChI is InChI=1S/C7H9N.CH5O3P.ClH/c1-8-7-5-3-2-4-6-7;1-5(2,3)4;/h2-6,8H,1H3;1H3,(H2,2,3,4);1H. The van der Waals surface area contributed by atoms with Crippen LogP contribution in [0.2, 0.25) is 0 Å². The van der Waals surface area contributed by atoms with Crippen molar-refractivity contribution in [2.45, 2.75) is 0 Å². The van der Waals surface area contributed by atoms with E-state index in [0.29, 0.717) is 0 Å². The van der Waals surface area contributed by atoms with Crippen molar-refractivity contribution in [2.75, 3.05) is 19.0 Å². The van der Waals surface area contributed by atoms with E-state index >= 15 is 0 Å². The second-order valence-electron chi connectivity index (χ2n) is 2.45. The lowest BCUT2D eigenvalue weighted by Gasteiger charge is -1.94. The minimum absolute atomic E-state index is 0. The van der Waals surface area contributed by atoms with Crippen LogP contribution in [-0.2, 0) is 4.57 Å². The van der Waals surface area contributed by atoms with E-state index in [0.717, 1.165) is 12.4 Å². The van der Waals surface area contributed by atoms with Crippen LogP contribution in [-0.4, -0.2) is 23.5 Å². The zero-order chi connectivity index (χ0) is 10.3. The zero-order valence-electron chi connectivity index (χ0n) is 8.04. The minimum Gasteiger partial charge on any atom is -0.388 e. The van der Waals surface area contributed by atoms with Gasteiger partial charge < -0.3 is 15.1 Å². The molecule has 0 aromatic heterocycles. The van der Waals surface area contributed by atoms with E-state index < -0.39 is 7.60 Å². The molecule has 0 spiro atoms. The summed E-state index contributed by atoms with van der Waals surface area (Å²) in [5, 5.41) is 3.03. The normalized spacial score (nSPS) is 9.14. The van der Waals surface area contributed by atoms with Crippen molar-refractivity contribution in [3.05, 3.63) is 30.3 Å². The van der Waals surface area contributed by atoms with E-state index in [1.165, 1.54) is 0 Å². The quantitative estimate of drug-likeness (QED) is 0.655. The van der Waals surface area contributed by atoms with Crippen molar-refractivity contribution in [1.82, 2.24) is 0 Å². The van der Waals surface area contributed by atoms with Crippen LogP contribution in [0.15, 0.2) is 30.3 Å². The van der Waals surface area contributed by atoms with Crippen molar-refractivity contribution in [1.29, 1.82) is 0 Å². The van der Waals surface area contributed by atoms with Crippen molar-refractivity contribution in [3.8, 4) is 0 Å². The first-order chi connectivity index (χ1) is 5.93. The van der Waals surface area contributed by atoms with E-state index in [1.807, 2.05) is 37.4 Å². The largest absolute Gasteiger partial charge is 0.388 e. The summed E-state index contributed by atoms with van der Waals surface area (Å²) in [6.07, 6.45) is 0. The van der Waals surface area contributed by atoms with E-state index in [-0.39, 0.29) is 12.4 Å². The summed E-state index contributed by atoms with van der Waals surface area (Å²) >= 11 is 0. The maximum absolute atomic E-state index is 9.33. The van der Waals surface area contributed by atoms with Gasteiger partial charge in [0.1, 0.15) is 0 Å². The van der Waals surface area contributed by atoms with Gasteiger partial charge >= 0.3 is 7.60 Å². The molecule has 3 N–H and O–H groups in total. The van der Waals surface area contributed by atoms with E-state index in [1.54, 1.807) is 0 Å². The molecule has 0 heterocycles. The molecular weight excluding hydrogens is 225 g/mol. The first-order valence-corrected chi connectivity index (χ1v) is 5.75. The molecule has 0 fully saturated rings. The van der Waals surface area contributed by atoms with Gasteiger partial charge in [0.05, 0.1) is 0 Å². The highest BCUT2D eigenvalue weighted by Gasteiger charge is 1.95. The Bertz CT molecular complexity index is 267. The summed E-state index contributed by atoms with van der Waals surface area (Å²) in [4.78, 5) is 15.3. The SMILES string of the molecule is CNc1ccccc1.CP(=O)(O)O.Cl. The predicted molar refractivity (Wildman–Crippen MR) is 61.2 cm³/mol. The lowest BCUT2D eigenvalue weighted by atomic mass is 10.3. The molecule has 6 heteroatoms. The Kier molecular flexibility index (Phi) is 8.89. The molecule has 0 saturated heterocycles. The van der Waals surface area contributed by atoms with Crippen LogP contribution < -0.4 is 5.32 Å². The monoisotopic (exact) mass is 239 g/mol. The third-order valence-electron chi connectivity index (χ3n) is 1.06. The Morgan fingerprint density at radius 3 is 1.79 bits per heavy atom. The smallest absolute Gasteiger partial charge is 0.322 e. The molecule has 1 rings (SSSR count). The van der Waals surface area contributed by atoms with Crippen LogP contribution in [0.25, 0.3) is 0 Å². The van der Waals surface area contributed by atoms with Crippen LogP contribution in [0.1, 0.15) is 0 Å². The van der Waals surface area contributed by atoms with Gasteiger partial charge in [-0.2, -0.15) is 0 Å². The maximum Gasteiger partial charge on any atom is 0.322 e. The number of hydrogen-bond acceptors (Lipinski definition) is 2. The highest BCUT2D eigenvalue weighted by Crippen LogP contribution is 2.26. The average Bonchev–Trinajstić information content (AvgIpc) is 2.03. The topological polar surface area (TPSA) is 69.6 Å². The van der Waals surface area contributed by atoms with Crippen LogP contribution in [0, 0.1) is 0 Å². The van der Waals surface area contributed by atoms with Crippen molar-refractivity contribution in [3.63, 3.8) is 0 Å². The number of rotatable bonds is 1. The van der Waals surface area contributed by atoms with Crippen LogP contribution >= 0.6 is 20.0 Å². The van der Waals surface area contributed by atoms with Crippen molar-refractivity contribution >= 4 is 25.7 Å². The molecule has 0 atom stereocenters. The van der Waals surface area contributed by atoms with E-state index in [2.05, 4.69) is 5.32 Å². The Labute approximate surface area is 89.9 Å². The molecular formula is C8H15ClNO3P. The fourth-order valence-corrected chi connectivity index (χ4v) is 0.605. The lowest BCUT2D eigenvalue weighted by Crippen LogP contribution is -1.84. The first-order valence-electron chi connectivity index (χ1n) is 3.69. The second-order valence-corrected chi connectivity index (χ2v) is 4.12. The minimum atomic E-state index is -3.64. The van der Waals surface area contributed by atoms with E-state index in [4.69, 9.17) is 9.79 Å². The van der Waals surface area contributed by atoms with Gasteiger partial charge in [-0.15, -0.1) is 12.4 Å². The van der Waals surface area contributed by atoms with Gasteiger partial charge in [0.2, 0.25) is 0 Å². The van der Waals surface area contributed by atoms with Gasteiger partial charge in [0.15, 0.2) is 0 Å². The van der Waals surface area contributed by atoms with Crippen molar-refractivity contribution < 1.29 is 14.4 Å². The predicted octanol–water partition coefficient (Wildman–Crippen LogP) is 1.94. The molecule has 1 aromatic rings. The summed E-state index contributed by atoms with van der Waals surface area (Å²) in [5.74, 6) is 0. The Morgan fingerprint density at radius 2 is 1.57 bits per heavy atom. The summed E-state index contributed by atoms with van der Waals surface area (Å²) in [6, 6.07) is 10.1. The molecule has 4 nitrogen and oxygen atoms in total. The number of hydrogen-bond donors (Lipinski definition) is 3. The van der Waals surface area contributed by atoms with Gasteiger partial charge in [-0.25, -0.2) is 0 Å².